The maximum atomic E-state index is 12.5. The van der Waals surface area contributed by atoms with E-state index in [4.69, 9.17) is 0 Å². The van der Waals surface area contributed by atoms with Crippen LogP contribution in [0.4, 0.5) is 5.69 Å². The number of aryl methyl sites for hydroxylation is 1. The molecule has 0 unspecified atom stereocenters. The van der Waals surface area contributed by atoms with Crippen LogP contribution in [0.3, 0.4) is 0 Å². The van der Waals surface area contributed by atoms with E-state index in [2.05, 4.69) is 5.32 Å². The van der Waals surface area contributed by atoms with Crippen molar-refractivity contribution in [1.29, 1.82) is 0 Å². The lowest BCUT2D eigenvalue weighted by Crippen LogP contribution is -2.25. The number of amides is 1. The number of thiophene rings is 1. The number of nitrogens with zero attached hydrogens (tertiary/aromatic N) is 1. The van der Waals surface area contributed by atoms with Crippen molar-refractivity contribution in [3.8, 4) is 0 Å². The first-order valence-corrected chi connectivity index (χ1v) is 8.12. The molecular weight excluding hydrogens is 308 g/mol. The van der Waals surface area contributed by atoms with Crippen LogP contribution in [0.2, 0.25) is 0 Å². The molecule has 5 heteroatoms. The van der Waals surface area contributed by atoms with Crippen LogP contribution >= 0.6 is 11.3 Å². The third kappa shape index (κ3) is 3.40. The molecular formula is C18H16N2O2S. The Bertz CT molecular complexity index is 881. The number of hydrogen-bond donors (Lipinski definition) is 1. The monoisotopic (exact) mass is 324 g/mol. The van der Waals surface area contributed by atoms with Gasteiger partial charge >= 0.3 is 0 Å². The Labute approximate surface area is 138 Å². The lowest BCUT2D eigenvalue weighted by Gasteiger charge is -2.09. The molecule has 116 valence electrons. The SMILES string of the molecule is Cc1ccsc1C(=O)Nc1cccn(Cc2ccccc2)c1=O. The minimum Gasteiger partial charge on any atom is -0.317 e. The molecule has 0 bridgehead atoms. The van der Waals surface area contributed by atoms with Crippen molar-refractivity contribution in [2.45, 2.75) is 13.5 Å². The molecule has 23 heavy (non-hydrogen) atoms. The fraction of sp³-hybridized carbons (Fsp3) is 0.111. The molecule has 1 aromatic carbocycles. The van der Waals surface area contributed by atoms with Crippen LogP contribution in [0.15, 0.2) is 64.9 Å². The highest BCUT2D eigenvalue weighted by atomic mass is 32.1. The third-order valence-corrected chi connectivity index (χ3v) is 4.55. The molecule has 0 aliphatic heterocycles. The molecule has 2 heterocycles. The van der Waals surface area contributed by atoms with E-state index in [0.717, 1.165) is 11.1 Å². The molecule has 0 fully saturated rings. The zero-order valence-electron chi connectivity index (χ0n) is 12.7. The van der Waals surface area contributed by atoms with E-state index in [9.17, 15) is 9.59 Å². The zero-order chi connectivity index (χ0) is 16.2. The van der Waals surface area contributed by atoms with E-state index in [1.165, 1.54) is 11.3 Å². The maximum Gasteiger partial charge on any atom is 0.274 e. The van der Waals surface area contributed by atoms with Crippen molar-refractivity contribution >= 4 is 22.9 Å². The van der Waals surface area contributed by atoms with Crippen LogP contribution < -0.4 is 10.9 Å². The van der Waals surface area contributed by atoms with Gasteiger partial charge in [-0.3, -0.25) is 9.59 Å². The van der Waals surface area contributed by atoms with Crippen LogP contribution in [0, 0.1) is 6.92 Å². The molecule has 0 aliphatic rings. The third-order valence-electron chi connectivity index (χ3n) is 3.53. The number of rotatable bonds is 4. The highest BCUT2D eigenvalue weighted by Gasteiger charge is 2.13. The number of benzene rings is 1. The first-order chi connectivity index (χ1) is 11.1. The standard InChI is InChI=1S/C18H16N2O2S/c1-13-9-11-23-16(13)17(21)19-15-8-5-10-20(18(15)22)12-14-6-3-2-4-7-14/h2-11H,12H2,1H3,(H,19,21). The van der Waals surface area contributed by atoms with Gasteiger partial charge in [0, 0.05) is 6.20 Å². The van der Waals surface area contributed by atoms with Crippen LogP contribution in [-0.2, 0) is 6.54 Å². The molecule has 4 nitrogen and oxygen atoms in total. The van der Waals surface area contributed by atoms with Crippen molar-refractivity contribution < 1.29 is 4.79 Å². The van der Waals surface area contributed by atoms with Crippen molar-refractivity contribution in [3.05, 3.63) is 86.5 Å². The van der Waals surface area contributed by atoms with Gasteiger partial charge in [0.15, 0.2) is 0 Å². The lowest BCUT2D eigenvalue weighted by molar-refractivity contribution is 0.103. The average molecular weight is 324 g/mol. The summed E-state index contributed by atoms with van der Waals surface area (Å²) in [5, 5.41) is 4.58. The molecule has 1 amide bonds. The van der Waals surface area contributed by atoms with Crippen LogP contribution in [-0.4, -0.2) is 10.5 Å². The summed E-state index contributed by atoms with van der Waals surface area (Å²) in [6.07, 6.45) is 1.72. The maximum absolute atomic E-state index is 12.5. The summed E-state index contributed by atoms with van der Waals surface area (Å²) in [6.45, 7) is 2.35. The van der Waals surface area contributed by atoms with Gasteiger partial charge in [0.2, 0.25) is 0 Å². The number of aromatic nitrogens is 1. The predicted octanol–water partition coefficient (Wildman–Crippen LogP) is 3.52. The van der Waals surface area contributed by atoms with Gasteiger partial charge in [-0.15, -0.1) is 11.3 Å². The quantitative estimate of drug-likeness (QED) is 0.798. The van der Waals surface area contributed by atoms with Gasteiger partial charge < -0.3 is 9.88 Å². The van der Waals surface area contributed by atoms with Gasteiger partial charge in [-0.25, -0.2) is 0 Å². The average Bonchev–Trinajstić information content (AvgIpc) is 2.98. The number of hydrogen-bond acceptors (Lipinski definition) is 3. The summed E-state index contributed by atoms with van der Waals surface area (Å²) in [5.74, 6) is -0.243. The molecule has 0 aliphatic carbocycles. The number of anilines is 1. The fourth-order valence-corrected chi connectivity index (χ4v) is 3.14. The van der Waals surface area contributed by atoms with Crippen LogP contribution in [0.1, 0.15) is 20.8 Å². The molecule has 1 N–H and O–H groups in total. The molecule has 3 rings (SSSR count). The highest BCUT2D eigenvalue weighted by molar-refractivity contribution is 7.12. The fourth-order valence-electron chi connectivity index (χ4n) is 2.32. The van der Waals surface area contributed by atoms with Crippen LogP contribution in [0.25, 0.3) is 0 Å². The second-order valence-corrected chi connectivity index (χ2v) is 6.14. The number of nitrogens with one attached hydrogen (secondary N) is 1. The molecule has 0 spiro atoms. The Balaban J connectivity index is 1.84. The number of carbonyl (C=O) groups excluding carboxylic acids is 1. The summed E-state index contributed by atoms with van der Waals surface area (Å²) in [5.41, 5.74) is 2.03. The summed E-state index contributed by atoms with van der Waals surface area (Å²) >= 11 is 1.37. The normalized spacial score (nSPS) is 10.5. The van der Waals surface area contributed by atoms with E-state index in [1.807, 2.05) is 48.7 Å². The first-order valence-electron chi connectivity index (χ1n) is 7.24. The summed E-state index contributed by atoms with van der Waals surface area (Å²) in [6, 6.07) is 15.0. The van der Waals surface area contributed by atoms with Gasteiger partial charge in [0.25, 0.3) is 11.5 Å². The zero-order valence-corrected chi connectivity index (χ0v) is 13.5. The Morgan fingerprint density at radius 3 is 2.61 bits per heavy atom. The summed E-state index contributed by atoms with van der Waals surface area (Å²) in [7, 11) is 0. The van der Waals surface area contributed by atoms with E-state index < -0.39 is 0 Å². The second-order valence-electron chi connectivity index (χ2n) is 5.23. The first kappa shape index (κ1) is 15.2. The van der Waals surface area contributed by atoms with E-state index >= 15 is 0 Å². The topological polar surface area (TPSA) is 51.1 Å². The predicted molar refractivity (Wildman–Crippen MR) is 93.3 cm³/mol. The van der Waals surface area contributed by atoms with Gasteiger partial charge in [0.05, 0.1) is 11.4 Å². The minimum absolute atomic E-state index is 0.209. The van der Waals surface area contributed by atoms with E-state index in [-0.39, 0.29) is 11.5 Å². The largest absolute Gasteiger partial charge is 0.317 e. The van der Waals surface area contributed by atoms with Gasteiger partial charge in [0.1, 0.15) is 5.69 Å². The van der Waals surface area contributed by atoms with Crippen LogP contribution in [0.5, 0.6) is 0 Å². The van der Waals surface area contributed by atoms with Gasteiger partial charge in [-0.2, -0.15) is 0 Å². The smallest absolute Gasteiger partial charge is 0.274 e. The molecule has 0 saturated heterocycles. The van der Waals surface area contributed by atoms with E-state index in [0.29, 0.717) is 17.1 Å². The Morgan fingerprint density at radius 1 is 1.13 bits per heavy atom. The Hall–Kier alpha value is -2.66. The molecule has 2 aromatic heterocycles. The summed E-state index contributed by atoms with van der Waals surface area (Å²) < 4.78 is 1.59. The number of pyridine rings is 1. The van der Waals surface area contributed by atoms with Crippen molar-refractivity contribution in [2.24, 2.45) is 0 Å². The van der Waals surface area contributed by atoms with Gasteiger partial charge in [-0.05, 0) is 41.6 Å². The molecule has 3 aromatic rings. The minimum atomic E-state index is -0.243. The Morgan fingerprint density at radius 2 is 1.91 bits per heavy atom. The van der Waals surface area contributed by atoms with E-state index in [1.54, 1.807) is 22.9 Å². The van der Waals surface area contributed by atoms with Gasteiger partial charge in [-0.1, -0.05) is 30.3 Å². The Kier molecular flexibility index (Phi) is 4.39. The molecule has 0 atom stereocenters. The van der Waals surface area contributed by atoms with Crippen molar-refractivity contribution in [2.75, 3.05) is 5.32 Å². The second kappa shape index (κ2) is 6.62. The van der Waals surface area contributed by atoms with Crippen molar-refractivity contribution in [1.82, 2.24) is 4.57 Å². The lowest BCUT2D eigenvalue weighted by atomic mass is 10.2. The number of carbonyl (C=O) groups is 1. The van der Waals surface area contributed by atoms with Crippen molar-refractivity contribution in [3.63, 3.8) is 0 Å². The molecule has 0 saturated carbocycles. The highest BCUT2D eigenvalue weighted by Crippen LogP contribution is 2.16. The summed E-state index contributed by atoms with van der Waals surface area (Å²) in [4.78, 5) is 25.4. The molecule has 0 radical (unpaired) electrons.